The normalized spacial score (nSPS) is 15.1. The fourth-order valence-corrected chi connectivity index (χ4v) is 3.72. The molecule has 1 amide bonds. The summed E-state index contributed by atoms with van der Waals surface area (Å²) in [6.45, 7) is 1.53. The summed E-state index contributed by atoms with van der Waals surface area (Å²) >= 11 is 3.06. The van der Waals surface area contributed by atoms with Crippen LogP contribution in [0.5, 0.6) is 0 Å². The second-order valence-electron chi connectivity index (χ2n) is 4.78. The third kappa shape index (κ3) is 2.26. The van der Waals surface area contributed by atoms with E-state index >= 15 is 0 Å². The van der Waals surface area contributed by atoms with Crippen LogP contribution in [0.2, 0.25) is 0 Å². The fourth-order valence-electron chi connectivity index (χ4n) is 2.33. The molecule has 3 aromatic heterocycles. The number of rotatable bonds is 3. The molecule has 0 aliphatic carbocycles. The standard InChI is InChI=1S/C13H11N5OS2/c19-13(10-5-20-7-16-10)17-8-3-18(4-8)12-11-9(1-2-21-11)14-6-15-12/h1-2,5-8H,3-4H2,(H,17,19). The number of carbonyl (C=O) groups excluding carboxylic acids is 1. The van der Waals surface area contributed by atoms with E-state index in [2.05, 4.69) is 25.2 Å². The van der Waals surface area contributed by atoms with Crippen molar-refractivity contribution < 1.29 is 4.79 Å². The molecular weight excluding hydrogens is 306 g/mol. The molecule has 21 heavy (non-hydrogen) atoms. The molecule has 1 fully saturated rings. The number of carbonyl (C=O) groups is 1. The van der Waals surface area contributed by atoms with Crippen LogP contribution in [0.1, 0.15) is 10.5 Å². The van der Waals surface area contributed by atoms with Crippen molar-refractivity contribution in [3.05, 3.63) is 34.4 Å². The summed E-state index contributed by atoms with van der Waals surface area (Å²) < 4.78 is 1.10. The molecule has 0 saturated carbocycles. The van der Waals surface area contributed by atoms with Gasteiger partial charge in [-0.2, -0.15) is 0 Å². The maximum Gasteiger partial charge on any atom is 0.271 e. The van der Waals surface area contributed by atoms with Gasteiger partial charge in [0.25, 0.3) is 5.91 Å². The molecule has 0 aromatic carbocycles. The highest BCUT2D eigenvalue weighted by Crippen LogP contribution is 2.30. The molecule has 4 heterocycles. The Labute approximate surface area is 128 Å². The number of thiophene rings is 1. The van der Waals surface area contributed by atoms with Gasteiger partial charge in [-0.1, -0.05) is 0 Å². The van der Waals surface area contributed by atoms with E-state index in [0.717, 1.165) is 29.1 Å². The van der Waals surface area contributed by atoms with Crippen LogP contribution in [0.15, 0.2) is 28.7 Å². The second kappa shape index (κ2) is 5.05. The number of anilines is 1. The van der Waals surface area contributed by atoms with E-state index in [1.54, 1.807) is 28.6 Å². The predicted octanol–water partition coefficient (Wildman–Crippen LogP) is 1.77. The number of hydrogen-bond donors (Lipinski definition) is 1. The summed E-state index contributed by atoms with van der Waals surface area (Å²) in [5.41, 5.74) is 3.12. The SMILES string of the molecule is O=C(NC1CN(c2ncnc3ccsc23)C1)c1cscn1. The maximum atomic E-state index is 11.9. The van der Waals surface area contributed by atoms with E-state index in [1.807, 2.05) is 11.4 Å². The molecule has 8 heteroatoms. The zero-order chi connectivity index (χ0) is 14.2. The van der Waals surface area contributed by atoms with Crippen LogP contribution >= 0.6 is 22.7 Å². The lowest BCUT2D eigenvalue weighted by Gasteiger charge is -2.40. The number of hydrogen-bond acceptors (Lipinski definition) is 7. The Morgan fingerprint density at radius 3 is 3.05 bits per heavy atom. The average Bonchev–Trinajstić information content (AvgIpc) is 3.11. The summed E-state index contributed by atoms with van der Waals surface area (Å²) in [4.78, 5) is 26.7. The molecule has 106 valence electrons. The predicted molar refractivity (Wildman–Crippen MR) is 83.0 cm³/mol. The van der Waals surface area contributed by atoms with Gasteiger partial charge >= 0.3 is 0 Å². The summed E-state index contributed by atoms with van der Waals surface area (Å²) in [5, 5.41) is 6.76. The molecule has 0 bridgehead atoms. The largest absolute Gasteiger partial charge is 0.351 e. The monoisotopic (exact) mass is 317 g/mol. The quantitative estimate of drug-likeness (QED) is 0.797. The number of thiazole rings is 1. The number of aromatic nitrogens is 3. The van der Waals surface area contributed by atoms with Crippen LogP contribution in [-0.2, 0) is 0 Å². The first-order valence-electron chi connectivity index (χ1n) is 6.43. The minimum absolute atomic E-state index is 0.107. The van der Waals surface area contributed by atoms with Crippen molar-refractivity contribution in [1.82, 2.24) is 20.3 Å². The van der Waals surface area contributed by atoms with Crippen LogP contribution in [0.4, 0.5) is 5.82 Å². The smallest absolute Gasteiger partial charge is 0.271 e. The summed E-state index contributed by atoms with van der Waals surface area (Å²) in [7, 11) is 0. The van der Waals surface area contributed by atoms with Crippen molar-refractivity contribution in [2.24, 2.45) is 0 Å². The number of nitrogens with one attached hydrogen (secondary N) is 1. The minimum Gasteiger partial charge on any atom is -0.351 e. The van der Waals surface area contributed by atoms with Crippen molar-refractivity contribution in [3.8, 4) is 0 Å². The van der Waals surface area contributed by atoms with Crippen molar-refractivity contribution in [2.75, 3.05) is 18.0 Å². The molecule has 1 saturated heterocycles. The topological polar surface area (TPSA) is 71.0 Å². The van der Waals surface area contributed by atoms with Gasteiger partial charge in [-0.3, -0.25) is 4.79 Å². The Kier molecular flexibility index (Phi) is 3.04. The summed E-state index contributed by atoms with van der Waals surface area (Å²) in [6, 6.07) is 2.14. The summed E-state index contributed by atoms with van der Waals surface area (Å²) in [5.74, 6) is 0.846. The Morgan fingerprint density at radius 2 is 2.24 bits per heavy atom. The number of amides is 1. The highest BCUT2D eigenvalue weighted by Gasteiger charge is 2.30. The molecule has 1 aliphatic heterocycles. The average molecular weight is 317 g/mol. The van der Waals surface area contributed by atoms with Crippen LogP contribution in [-0.4, -0.2) is 40.0 Å². The van der Waals surface area contributed by atoms with Crippen LogP contribution in [0.3, 0.4) is 0 Å². The summed E-state index contributed by atoms with van der Waals surface area (Å²) in [6.07, 6.45) is 1.59. The van der Waals surface area contributed by atoms with E-state index in [9.17, 15) is 4.79 Å². The molecule has 0 radical (unpaired) electrons. The Morgan fingerprint density at radius 1 is 1.33 bits per heavy atom. The lowest BCUT2D eigenvalue weighted by atomic mass is 10.1. The Balaban J connectivity index is 1.43. The zero-order valence-electron chi connectivity index (χ0n) is 10.9. The van der Waals surface area contributed by atoms with Gasteiger partial charge in [-0.15, -0.1) is 22.7 Å². The molecule has 0 spiro atoms. The van der Waals surface area contributed by atoms with Crippen LogP contribution in [0, 0.1) is 0 Å². The van der Waals surface area contributed by atoms with E-state index in [0.29, 0.717) is 5.69 Å². The van der Waals surface area contributed by atoms with Crippen molar-refractivity contribution >= 4 is 44.6 Å². The zero-order valence-corrected chi connectivity index (χ0v) is 12.5. The van der Waals surface area contributed by atoms with Gasteiger partial charge in [0.2, 0.25) is 0 Å². The first-order chi connectivity index (χ1) is 10.3. The third-order valence-electron chi connectivity index (χ3n) is 3.41. The van der Waals surface area contributed by atoms with Gasteiger partial charge in [0.1, 0.15) is 17.8 Å². The van der Waals surface area contributed by atoms with Gasteiger partial charge in [-0.05, 0) is 11.4 Å². The highest BCUT2D eigenvalue weighted by atomic mass is 32.1. The van der Waals surface area contributed by atoms with Crippen molar-refractivity contribution in [3.63, 3.8) is 0 Å². The first-order valence-corrected chi connectivity index (χ1v) is 8.26. The number of nitrogens with zero attached hydrogens (tertiary/aromatic N) is 4. The van der Waals surface area contributed by atoms with E-state index < -0.39 is 0 Å². The van der Waals surface area contributed by atoms with Gasteiger partial charge in [0, 0.05) is 18.5 Å². The molecule has 1 aliphatic rings. The molecule has 0 unspecified atom stereocenters. The lowest BCUT2D eigenvalue weighted by molar-refractivity contribution is 0.0926. The molecule has 6 nitrogen and oxygen atoms in total. The minimum atomic E-state index is -0.107. The van der Waals surface area contributed by atoms with Gasteiger partial charge in [0.05, 0.1) is 21.8 Å². The van der Waals surface area contributed by atoms with Gasteiger partial charge < -0.3 is 10.2 Å². The van der Waals surface area contributed by atoms with Gasteiger partial charge in [-0.25, -0.2) is 15.0 Å². The first kappa shape index (κ1) is 12.7. The molecule has 4 rings (SSSR count). The van der Waals surface area contributed by atoms with E-state index in [-0.39, 0.29) is 11.9 Å². The molecular formula is C13H11N5OS2. The number of fused-ring (bicyclic) bond motifs is 1. The molecule has 1 N–H and O–H groups in total. The lowest BCUT2D eigenvalue weighted by Crippen LogP contribution is -2.59. The second-order valence-corrected chi connectivity index (χ2v) is 6.42. The van der Waals surface area contributed by atoms with Crippen molar-refractivity contribution in [1.29, 1.82) is 0 Å². The Bertz CT molecular complexity index is 779. The third-order valence-corrected chi connectivity index (χ3v) is 4.89. The fraction of sp³-hybridized carbons (Fsp3) is 0.231. The van der Waals surface area contributed by atoms with Crippen LogP contribution < -0.4 is 10.2 Å². The maximum absolute atomic E-state index is 11.9. The van der Waals surface area contributed by atoms with E-state index in [4.69, 9.17) is 0 Å². The highest BCUT2D eigenvalue weighted by molar-refractivity contribution is 7.17. The van der Waals surface area contributed by atoms with Crippen molar-refractivity contribution in [2.45, 2.75) is 6.04 Å². The molecule has 0 atom stereocenters. The Hall–Kier alpha value is -2.06. The van der Waals surface area contributed by atoms with Gasteiger partial charge in [0.15, 0.2) is 0 Å². The molecule has 3 aromatic rings. The van der Waals surface area contributed by atoms with Crippen LogP contribution in [0.25, 0.3) is 10.2 Å². The van der Waals surface area contributed by atoms with E-state index in [1.165, 1.54) is 11.3 Å².